The molecule has 2 heterocycles. The third-order valence-corrected chi connectivity index (χ3v) is 6.58. The number of fused-ring (bicyclic) bond motifs is 1. The van der Waals surface area contributed by atoms with Crippen molar-refractivity contribution in [3.63, 3.8) is 0 Å². The van der Waals surface area contributed by atoms with Gasteiger partial charge in [-0.2, -0.15) is 0 Å². The number of aryl methyl sites for hydroxylation is 1. The zero-order valence-electron chi connectivity index (χ0n) is 15.6. The molecule has 0 aliphatic heterocycles. The fourth-order valence-corrected chi connectivity index (χ4v) is 5.05. The topological polar surface area (TPSA) is 64.0 Å². The Morgan fingerprint density at radius 1 is 1.13 bits per heavy atom. The number of hydrogen-bond acceptors (Lipinski definition) is 4. The summed E-state index contributed by atoms with van der Waals surface area (Å²) in [5.41, 5.74) is 1.62. The van der Waals surface area contributed by atoms with Crippen LogP contribution >= 0.6 is 46.1 Å². The minimum atomic E-state index is -0.421. The number of anilines is 1. The van der Waals surface area contributed by atoms with Crippen molar-refractivity contribution in [1.29, 1.82) is 0 Å². The predicted molar refractivity (Wildman–Crippen MR) is 124 cm³/mol. The molecule has 0 radical (unpaired) electrons. The van der Waals surface area contributed by atoms with Gasteiger partial charge >= 0.3 is 0 Å². The summed E-state index contributed by atoms with van der Waals surface area (Å²) in [6, 6.07) is 12.6. The molecule has 0 spiro atoms. The minimum Gasteiger partial charge on any atom is -0.319 e. The summed E-state index contributed by atoms with van der Waals surface area (Å²) in [7, 11) is 0. The quantitative estimate of drug-likeness (QED) is 0.390. The number of amides is 1. The highest BCUT2D eigenvalue weighted by Gasteiger charge is 2.21. The molecule has 0 atom stereocenters. The van der Waals surface area contributed by atoms with Crippen LogP contribution in [-0.4, -0.2) is 15.5 Å². The summed E-state index contributed by atoms with van der Waals surface area (Å²) in [5.74, 6) is -0.421. The van der Waals surface area contributed by atoms with Crippen molar-refractivity contribution in [2.24, 2.45) is 0 Å². The van der Waals surface area contributed by atoms with Gasteiger partial charge in [0.1, 0.15) is 4.83 Å². The van der Waals surface area contributed by atoms with Crippen LogP contribution in [0.2, 0.25) is 15.1 Å². The smallest absolute Gasteiger partial charge is 0.266 e. The highest BCUT2D eigenvalue weighted by molar-refractivity contribution is 7.20. The van der Waals surface area contributed by atoms with Gasteiger partial charge in [-0.15, -0.1) is 11.3 Å². The molecule has 4 rings (SSSR count). The number of thiophene rings is 1. The normalized spacial score (nSPS) is 11.1. The van der Waals surface area contributed by atoms with Crippen molar-refractivity contribution < 1.29 is 4.79 Å². The highest BCUT2D eigenvalue weighted by Crippen LogP contribution is 2.35. The van der Waals surface area contributed by atoms with E-state index in [9.17, 15) is 9.59 Å². The summed E-state index contributed by atoms with van der Waals surface area (Å²) in [4.78, 5) is 31.2. The van der Waals surface area contributed by atoms with Crippen molar-refractivity contribution in [3.8, 4) is 0 Å². The molecule has 2 aromatic heterocycles. The van der Waals surface area contributed by atoms with Gasteiger partial charge in [0.15, 0.2) is 0 Å². The van der Waals surface area contributed by atoms with Gasteiger partial charge in [-0.3, -0.25) is 14.2 Å². The molecule has 152 valence electrons. The molecule has 2 aromatic carbocycles. The van der Waals surface area contributed by atoms with Crippen molar-refractivity contribution in [2.75, 3.05) is 5.32 Å². The molecule has 0 bridgehead atoms. The summed E-state index contributed by atoms with van der Waals surface area (Å²) in [6.07, 6.45) is 1.50. The van der Waals surface area contributed by atoms with Gasteiger partial charge in [0.05, 0.1) is 38.9 Å². The number of carbonyl (C=O) groups is 1. The zero-order chi connectivity index (χ0) is 21.4. The second kappa shape index (κ2) is 8.40. The van der Waals surface area contributed by atoms with Gasteiger partial charge in [0, 0.05) is 5.02 Å². The van der Waals surface area contributed by atoms with Gasteiger partial charge in [-0.25, -0.2) is 4.98 Å². The Kier molecular flexibility index (Phi) is 5.84. The summed E-state index contributed by atoms with van der Waals surface area (Å²) in [6.45, 7) is 2.13. The van der Waals surface area contributed by atoms with E-state index in [2.05, 4.69) is 10.3 Å². The number of aromatic nitrogens is 2. The Morgan fingerprint density at radius 2 is 1.80 bits per heavy atom. The van der Waals surface area contributed by atoms with E-state index in [1.165, 1.54) is 23.0 Å². The van der Waals surface area contributed by atoms with Gasteiger partial charge < -0.3 is 5.32 Å². The van der Waals surface area contributed by atoms with Crippen molar-refractivity contribution in [1.82, 2.24) is 9.55 Å². The molecule has 0 unspecified atom stereocenters. The van der Waals surface area contributed by atoms with Crippen LogP contribution in [-0.2, 0) is 6.54 Å². The lowest BCUT2D eigenvalue weighted by Gasteiger charge is -2.09. The lowest BCUT2D eigenvalue weighted by molar-refractivity contribution is 0.103. The van der Waals surface area contributed by atoms with E-state index in [1.807, 2.05) is 30.3 Å². The van der Waals surface area contributed by atoms with Gasteiger partial charge in [-0.1, -0.05) is 65.1 Å². The molecular weight excluding hydrogens is 465 g/mol. The first kappa shape index (κ1) is 20.9. The summed E-state index contributed by atoms with van der Waals surface area (Å²) < 4.78 is 1.53. The first-order chi connectivity index (χ1) is 14.3. The number of carbonyl (C=O) groups excluding carboxylic acids is 1. The van der Waals surface area contributed by atoms with Crippen molar-refractivity contribution in [3.05, 3.63) is 90.2 Å². The van der Waals surface area contributed by atoms with E-state index >= 15 is 0 Å². The minimum absolute atomic E-state index is 0.195. The number of halogens is 3. The molecule has 1 N–H and O–H groups in total. The fourth-order valence-electron chi connectivity index (χ4n) is 3.10. The van der Waals surface area contributed by atoms with Gasteiger partial charge in [-0.05, 0) is 30.2 Å². The molecule has 9 heteroatoms. The molecule has 4 aromatic rings. The Hall–Kier alpha value is -2.38. The van der Waals surface area contributed by atoms with E-state index < -0.39 is 5.91 Å². The first-order valence-corrected chi connectivity index (χ1v) is 10.8. The van der Waals surface area contributed by atoms with Crippen LogP contribution in [0, 0.1) is 6.92 Å². The van der Waals surface area contributed by atoms with E-state index in [1.54, 1.807) is 6.92 Å². The van der Waals surface area contributed by atoms with Crippen molar-refractivity contribution >= 4 is 68.0 Å². The molecule has 0 fully saturated rings. The number of nitrogens with one attached hydrogen (secondary N) is 1. The van der Waals surface area contributed by atoms with E-state index in [0.717, 1.165) is 16.9 Å². The standard InChI is InChI=1S/C21H14Cl3N3O2S/c1-11-16-20(25-10-27(21(16)29)9-12-5-3-2-4-6-12)30-18(11)19(28)26-17-14(23)7-13(22)8-15(17)24/h2-8,10H,9H2,1H3,(H,26,28). The van der Waals surface area contributed by atoms with Crippen LogP contribution in [0.25, 0.3) is 10.2 Å². The molecule has 0 saturated heterocycles. The van der Waals surface area contributed by atoms with Gasteiger partial charge in [0.25, 0.3) is 11.5 Å². The number of nitrogens with zero attached hydrogens (tertiary/aromatic N) is 2. The fraction of sp³-hybridized carbons (Fsp3) is 0.0952. The Morgan fingerprint density at radius 3 is 2.47 bits per heavy atom. The number of benzene rings is 2. The van der Waals surface area contributed by atoms with Crippen LogP contribution in [0.15, 0.2) is 53.6 Å². The Bertz CT molecular complexity index is 1310. The van der Waals surface area contributed by atoms with E-state index in [0.29, 0.717) is 32.2 Å². The zero-order valence-corrected chi connectivity index (χ0v) is 18.7. The monoisotopic (exact) mass is 477 g/mol. The first-order valence-electron chi connectivity index (χ1n) is 8.83. The number of hydrogen-bond donors (Lipinski definition) is 1. The molecular formula is C21H14Cl3N3O2S. The largest absolute Gasteiger partial charge is 0.319 e. The third-order valence-electron chi connectivity index (χ3n) is 4.56. The lowest BCUT2D eigenvalue weighted by atomic mass is 10.2. The molecule has 30 heavy (non-hydrogen) atoms. The Labute approximate surface area is 190 Å². The lowest BCUT2D eigenvalue weighted by Crippen LogP contribution is -2.21. The molecule has 0 saturated carbocycles. The predicted octanol–water partition coefficient (Wildman–Crippen LogP) is 6.03. The van der Waals surface area contributed by atoms with Crippen LogP contribution in [0.3, 0.4) is 0 Å². The van der Waals surface area contributed by atoms with Crippen molar-refractivity contribution in [2.45, 2.75) is 13.5 Å². The second-order valence-corrected chi connectivity index (χ2v) is 8.85. The Balaban J connectivity index is 1.71. The van der Waals surface area contributed by atoms with Gasteiger partial charge in [0.2, 0.25) is 0 Å². The SMILES string of the molecule is Cc1c(C(=O)Nc2c(Cl)cc(Cl)cc2Cl)sc2ncn(Cc3ccccc3)c(=O)c12. The third kappa shape index (κ3) is 3.96. The summed E-state index contributed by atoms with van der Waals surface area (Å²) in [5, 5.41) is 3.95. The van der Waals surface area contributed by atoms with Crippen LogP contribution in [0.5, 0.6) is 0 Å². The molecule has 1 amide bonds. The van der Waals surface area contributed by atoms with Crippen LogP contribution in [0.1, 0.15) is 20.8 Å². The summed E-state index contributed by atoms with van der Waals surface area (Å²) >= 11 is 19.4. The average molecular weight is 479 g/mol. The average Bonchev–Trinajstić information content (AvgIpc) is 3.05. The van der Waals surface area contributed by atoms with E-state index in [-0.39, 0.29) is 21.3 Å². The maximum Gasteiger partial charge on any atom is 0.266 e. The van der Waals surface area contributed by atoms with Crippen LogP contribution < -0.4 is 10.9 Å². The second-order valence-electron chi connectivity index (χ2n) is 6.60. The van der Waals surface area contributed by atoms with Crippen LogP contribution in [0.4, 0.5) is 5.69 Å². The maximum atomic E-state index is 13.0. The molecule has 5 nitrogen and oxygen atoms in total. The molecule has 0 aliphatic rings. The maximum absolute atomic E-state index is 13.0. The number of rotatable bonds is 4. The molecule has 0 aliphatic carbocycles. The van der Waals surface area contributed by atoms with E-state index in [4.69, 9.17) is 34.8 Å². The highest BCUT2D eigenvalue weighted by atomic mass is 35.5.